The van der Waals surface area contributed by atoms with Gasteiger partial charge in [0.1, 0.15) is 0 Å². The zero-order valence-corrected chi connectivity index (χ0v) is 11.7. The van der Waals surface area contributed by atoms with Gasteiger partial charge in [-0.25, -0.2) is 0 Å². The molecule has 0 rings (SSSR count). The second kappa shape index (κ2) is 9.29. The van der Waals surface area contributed by atoms with Gasteiger partial charge in [-0.3, -0.25) is 0 Å². The van der Waals surface area contributed by atoms with Crippen molar-refractivity contribution >= 4 is 8.72 Å². The molecule has 0 aromatic rings. The van der Waals surface area contributed by atoms with Crippen molar-refractivity contribution in [2.45, 2.75) is 39.5 Å². The third-order valence-electron chi connectivity index (χ3n) is 2.59. The van der Waals surface area contributed by atoms with E-state index >= 15 is 0 Å². The lowest BCUT2D eigenvalue weighted by molar-refractivity contribution is 0.667. The van der Waals surface area contributed by atoms with Crippen LogP contribution in [0.5, 0.6) is 0 Å². The second-order valence-electron chi connectivity index (χ2n) is 3.81. The van der Waals surface area contributed by atoms with Gasteiger partial charge in [0, 0.05) is 0 Å². The molecule has 0 heterocycles. The van der Waals surface area contributed by atoms with Crippen LogP contribution in [0.2, 0.25) is 0 Å². The molecule has 0 amide bonds. The quantitative estimate of drug-likeness (QED) is 0.330. The van der Waals surface area contributed by atoms with Crippen LogP contribution in [0.15, 0.2) is 0 Å². The normalized spacial score (nSPS) is 12.0. The molecular weight excluding hydrogens is 204 g/mol. The number of hydrogen-bond donors (Lipinski definition) is 4. The van der Waals surface area contributed by atoms with E-state index in [9.17, 15) is 0 Å². The number of nitrogens with one attached hydrogen (secondary N) is 4. The molecule has 0 unspecified atom stereocenters. The lowest BCUT2D eigenvalue weighted by atomic mass is 10.3. The maximum absolute atomic E-state index is 3.60. The molecule has 0 aliphatic heterocycles. The third kappa shape index (κ3) is 6.27. The Morgan fingerprint density at radius 2 is 1.20 bits per heavy atom. The molecule has 0 spiro atoms. The average Bonchev–Trinajstić information content (AvgIpc) is 2.28. The molecule has 92 valence electrons. The van der Waals surface area contributed by atoms with E-state index in [0.29, 0.717) is 0 Å². The summed E-state index contributed by atoms with van der Waals surface area (Å²) < 4.78 is 0. The molecule has 0 saturated heterocycles. The van der Waals surface area contributed by atoms with Crippen LogP contribution in [0.1, 0.15) is 39.5 Å². The SMILES string of the molecule is CCCCN[Si](NC)(NC)NCCCC. The van der Waals surface area contributed by atoms with Crippen molar-refractivity contribution in [3.8, 4) is 0 Å². The van der Waals surface area contributed by atoms with E-state index in [0.717, 1.165) is 13.1 Å². The van der Waals surface area contributed by atoms with Crippen LogP contribution in [-0.4, -0.2) is 35.9 Å². The summed E-state index contributed by atoms with van der Waals surface area (Å²) in [7, 11) is 2.21. The Balaban J connectivity index is 3.93. The van der Waals surface area contributed by atoms with E-state index in [4.69, 9.17) is 0 Å². The van der Waals surface area contributed by atoms with Gasteiger partial charge in [-0.1, -0.05) is 26.7 Å². The molecule has 0 bridgehead atoms. The van der Waals surface area contributed by atoms with Crippen molar-refractivity contribution in [3.05, 3.63) is 0 Å². The molecule has 0 aliphatic carbocycles. The summed E-state index contributed by atoms with van der Waals surface area (Å²) in [5, 5.41) is 0. The molecule has 4 N–H and O–H groups in total. The zero-order valence-electron chi connectivity index (χ0n) is 10.7. The topological polar surface area (TPSA) is 48.1 Å². The van der Waals surface area contributed by atoms with E-state index < -0.39 is 8.72 Å². The Labute approximate surface area is 95.9 Å². The van der Waals surface area contributed by atoms with Crippen molar-refractivity contribution < 1.29 is 0 Å². The minimum Gasteiger partial charge on any atom is -0.303 e. The maximum atomic E-state index is 3.60. The number of hydrogen-bond acceptors (Lipinski definition) is 4. The van der Waals surface area contributed by atoms with E-state index in [1.165, 1.54) is 25.7 Å². The van der Waals surface area contributed by atoms with Crippen LogP contribution in [0.4, 0.5) is 0 Å². The average molecular weight is 232 g/mol. The van der Waals surface area contributed by atoms with Gasteiger partial charge in [-0.2, -0.15) is 0 Å². The molecule has 0 saturated carbocycles. The molecule has 0 radical (unpaired) electrons. The monoisotopic (exact) mass is 232 g/mol. The number of rotatable bonds is 10. The fourth-order valence-corrected chi connectivity index (χ4v) is 3.63. The van der Waals surface area contributed by atoms with E-state index in [-0.39, 0.29) is 0 Å². The molecule has 5 heteroatoms. The van der Waals surface area contributed by atoms with Gasteiger partial charge in [-0.15, -0.1) is 0 Å². The summed E-state index contributed by atoms with van der Waals surface area (Å²) in [5.41, 5.74) is 0. The third-order valence-corrected chi connectivity index (χ3v) is 5.65. The Morgan fingerprint density at radius 1 is 0.800 bits per heavy atom. The fourth-order valence-electron chi connectivity index (χ4n) is 1.45. The van der Waals surface area contributed by atoms with E-state index in [1.54, 1.807) is 0 Å². The van der Waals surface area contributed by atoms with Crippen molar-refractivity contribution in [2.24, 2.45) is 0 Å². The Bertz CT molecular complexity index is 127. The Morgan fingerprint density at radius 3 is 1.47 bits per heavy atom. The van der Waals surface area contributed by atoms with Gasteiger partial charge in [0.25, 0.3) is 0 Å². The summed E-state index contributed by atoms with van der Waals surface area (Å²) in [6, 6.07) is 0. The summed E-state index contributed by atoms with van der Waals surface area (Å²) in [5.74, 6) is 0. The van der Waals surface area contributed by atoms with Crippen LogP contribution >= 0.6 is 0 Å². The zero-order chi connectivity index (χ0) is 11.6. The highest BCUT2D eigenvalue weighted by Crippen LogP contribution is 1.89. The smallest absolute Gasteiger partial charge is 0.303 e. The predicted octanol–water partition coefficient (Wildman–Crippen LogP) is 0.640. The van der Waals surface area contributed by atoms with Crippen molar-refractivity contribution in [3.63, 3.8) is 0 Å². The predicted molar refractivity (Wildman–Crippen MR) is 69.7 cm³/mol. The van der Waals surface area contributed by atoms with E-state index in [2.05, 4.69) is 33.8 Å². The van der Waals surface area contributed by atoms with Crippen LogP contribution in [0, 0.1) is 0 Å². The van der Waals surface area contributed by atoms with Gasteiger partial charge >= 0.3 is 8.72 Å². The minimum atomic E-state index is -1.82. The maximum Gasteiger partial charge on any atom is 0.365 e. The Hall–Kier alpha value is 0.0569. The van der Waals surface area contributed by atoms with Gasteiger partial charge in [0.05, 0.1) is 0 Å². The first kappa shape index (κ1) is 15.1. The van der Waals surface area contributed by atoms with Gasteiger partial charge in [0.15, 0.2) is 0 Å². The van der Waals surface area contributed by atoms with E-state index in [1.807, 2.05) is 14.1 Å². The molecule has 0 aromatic carbocycles. The van der Waals surface area contributed by atoms with Gasteiger partial charge < -0.3 is 19.9 Å². The first-order chi connectivity index (χ1) is 7.24. The highest BCUT2D eigenvalue weighted by Gasteiger charge is 2.29. The molecule has 0 aliphatic rings. The summed E-state index contributed by atoms with van der Waals surface area (Å²) in [6.45, 7) is 6.58. The molecule has 15 heavy (non-hydrogen) atoms. The van der Waals surface area contributed by atoms with Crippen LogP contribution in [-0.2, 0) is 0 Å². The lowest BCUT2D eigenvalue weighted by Crippen LogP contribution is -2.79. The Kier molecular flexibility index (Phi) is 9.33. The summed E-state index contributed by atoms with van der Waals surface area (Å²) in [4.78, 5) is 14.0. The summed E-state index contributed by atoms with van der Waals surface area (Å²) in [6.07, 6.45) is 4.93. The lowest BCUT2D eigenvalue weighted by Gasteiger charge is -2.31. The summed E-state index contributed by atoms with van der Waals surface area (Å²) >= 11 is 0. The van der Waals surface area contributed by atoms with Crippen molar-refractivity contribution in [1.29, 1.82) is 0 Å². The first-order valence-corrected chi connectivity index (χ1v) is 8.12. The van der Waals surface area contributed by atoms with Gasteiger partial charge in [0.2, 0.25) is 0 Å². The van der Waals surface area contributed by atoms with Crippen LogP contribution < -0.4 is 19.9 Å². The van der Waals surface area contributed by atoms with Crippen LogP contribution in [0.3, 0.4) is 0 Å². The largest absolute Gasteiger partial charge is 0.365 e. The minimum absolute atomic E-state index is 1.07. The molecular formula is C10H28N4Si. The van der Waals surface area contributed by atoms with Crippen LogP contribution in [0.25, 0.3) is 0 Å². The second-order valence-corrected chi connectivity index (χ2v) is 7.02. The highest BCUT2D eigenvalue weighted by atomic mass is 28.4. The number of unbranched alkanes of at least 4 members (excludes halogenated alkanes) is 2. The first-order valence-electron chi connectivity index (χ1n) is 6.12. The molecule has 0 fully saturated rings. The standard InChI is InChI=1S/C10H28N4Si/c1-5-7-9-13-15(11-3,12-4)14-10-8-6-2/h11-14H,5-10H2,1-4H3. The van der Waals surface area contributed by atoms with Crippen molar-refractivity contribution in [2.75, 3.05) is 27.2 Å². The highest BCUT2D eigenvalue weighted by molar-refractivity contribution is 6.69. The molecule has 0 aromatic heterocycles. The van der Waals surface area contributed by atoms with Crippen molar-refractivity contribution in [1.82, 2.24) is 19.9 Å². The van der Waals surface area contributed by atoms with Gasteiger partial charge in [-0.05, 0) is 40.0 Å². The molecule has 0 atom stereocenters. The molecule has 4 nitrogen and oxygen atoms in total. The fraction of sp³-hybridized carbons (Fsp3) is 1.00.